The van der Waals surface area contributed by atoms with E-state index in [4.69, 9.17) is 4.42 Å². The fraction of sp³-hybridized carbons (Fsp3) is 0.478. The van der Waals surface area contributed by atoms with Gasteiger partial charge in [-0.2, -0.15) is 0 Å². The van der Waals surface area contributed by atoms with Crippen LogP contribution in [0.1, 0.15) is 41.9 Å². The molecule has 0 saturated carbocycles. The van der Waals surface area contributed by atoms with Gasteiger partial charge in [0.1, 0.15) is 6.04 Å². The molecule has 0 N–H and O–H groups in total. The number of hydrogen-bond donors (Lipinski definition) is 0. The van der Waals surface area contributed by atoms with E-state index in [1.54, 1.807) is 17.0 Å². The van der Waals surface area contributed by atoms with Crippen LogP contribution in [0.4, 0.5) is 0 Å². The second kappa shape index (κ2) is 8.41. The van der Waals surface area contributed by atoms with Gasteiger partial charge in [-0.1, -0.05) is 38.1 Å². The molecule has 0 spiro atoms. The van der Waals surface area contributed by atoms with Crippen molar-refractivity contribution in [1.29, 1.82) is 0 Å². The van der Waals surface area contributed by atoms with Crippen molar-refractivity contribution in [1.82, 2.24) is 14.7 Å². The molecular formula is C23H29N3O3. The van der Waals surface area contributed by atoms with Gasteiger partial charge in [-0.05, 0) is 42.8 Å². The molecule has 0 bridgehead atoms. The first-order valence-corrected chi connectivity index (χ1v) is 10.6. The van der Waals surface area contributed by atoms with Gasteiger partial charge in [0.25, 0.3) is 5.91 Å². The molecule has 2 aliphatic heterocycles. The topological polar surface area (TPSA) is 57.0 Å². The maximum Gasteiger partial charge on any atom is 0.290 e. The molecule has 1 aromatic carbocycles. The highest BCUT2D eigenvalue weighted by molar-refractivity contribution is 5.96. The van der Waals surface area contributed by atoms with Crippen molar-refractivity contribution in [3.8, 4) is 0 Å². The summed E-state index contributed by atoms with van der Waals surface area (Å²) in [5, 5.41) is 0. The molecule has 6 nitrogen and oxygen atoms in total. The van der Waals surface area contributed by atoms with Crippen molar-refractivity contribution in [2.45, 2.75) is 45.3 Å². The second-order valence-electron chi connectivity index (χ2n) is 7.85. The molecule has 29 heavy (non-hydrogen) atoms. The normalized spacial score (nSPS) is 21.5. The predicted molar refractivity (Wildman–Crippen MR) is 110 cm³/mol. The minimum Gasteiger partial charge on any atom is -0.459 e. The first-order valence-electron chi connectivity index (χ1n) is 10.6. The van der Waals surface area contributed by atoms with Crippen LogP contribution in [-0.4, -0.2) is 64.8 Å². The highest BCUT2D eigenvalue weighted by Crippen LogP contribution is 2.28. The number of benzene rings is 1. The molecule has 0 aliphatic carbocycles. The molecule has 154 valence electrons. The van der Waals surface area contributed by atoms with Crippen molar-refractivity contribution >= 4 is 11.8 Å². The van der Waals surface area contributed by atoms with Crippen molar-refractivity contribution in [3.05, 3.63) is 59.5 Å². The molecule has 2 atom stereocenters. The van der Waals surface area contributed by atoms with Gasteiger partial charge in [0.15, 0.2) is 5.76 Å². The summed E-state index contributed by atoms with van der Waals surface area (Å²) in [6, 6.07) is 11.4. The molecule has 1 aromatic heterocycles. The number of carbonyl (C=O) groups is 2. The Bertz CT molecular complexity index is 860. The highest BCUT2D eigenvalue weighted by atomic mass is 16.3. The molecule has 2 amide bonds. The number of hydrogen-bond acceptors (Lipinski definition) is 4. The van der Waals surface area contributed by atoms with Crippen LogP contribution in [0.3, 0.4) is 0 Å². The lowest BCUT2D eigenvalue weighted by Gasteiger charge is -2.37. The monoisotopic (exact) mass is 395 g/mol. The summed E-state index contributed by atoms with van der Waals surface area (Å²) >= 11 is 0. The molecule has 0 radical (unpaired) electrons. The zero-order valence-corrected chi connectivity index (χ0v) is 17.2. The molecule has 1 fully saturated rings. The Morgan fingerprint density at radius 2 is 1.86 bits per heavy atom. The lowest BCUT2D eigenvalue weighted by molar-refractivity contribution is -0.135. The summed E-state index contributed by atoms with van der Waals surface area (Å²) in [6.45, 7) is 8.22. The number of furan rings is 1. The Balaban J connectivity index is 1.57. The van der Waals surface area contributed by atoms with E-state index >= 15 is 0 Å². The number of rotatable bonds is 5. The molecule has 4 rings (SSSR count). The summed E-state index contributed by atoms with van der Waals surface area (Å²) in [4.78, 5) is 32.7. The van der Waals surface area contributed by atoms with Crippen molar-refractivity contribution in [3.63, 3.8) is 0 Å². The van der Waals surface area contributed by atoms with Gasteiger partial charge in [-0.15, -0.1) is 0 Å². The Morgan fingerprint density at radius 3 is 2.55 bits per heavy atom. The Hall–Kier alpha value is -2.60. The van der Waals surface area contributed by atoms with Crippen LogP contribution in [0.5, 0.6) is 0 Å². The molecule has 1 saturated heterocycles. The zero-order valence-electron chi connectivity index (χ0n) is 17.2. The molecule has 2 aliphatic rings. The molecular weight excluding hydrogens is 366 g/mol. The Morgan fingerprint density at radius 1 is 1.10 bits per heavy atom. The zero-order chi connectivity index (χ0) is 20.4. The van der Waals surface area contributed by atoms with Crippen molar-refractivity contribution in [2.75, 3.05) is 26.2 Å². The van der Waals surface area contributed by atoms with Crippen LogP contribution in [0.2, 0.25) is 0 Å². The first-order chi connectivity index (χ1) is 14.1. The van der Waals surface area contributed by atoms with Crippen molar-refractivity contribution < 1.29 is 14.0 Å². The third kappa shape index (κ3) is 3.81. The maximum absolute atomic E-state index is 13.5. The maximum atomic E-state index is 13.5. The molecule has 3 heterocycles. The van der Waals surface area contributed by atoms with Crippen LogP contribution >= 0.6 is 0 Å². The van der Waals surface area contributed by atoms with Gasteiger partial charge in [-0.3, -0.25) is 14.5 Å². The van der Waals surface area contributed by atoms with Crippen LogP contribution in [0.15, 0.2) is 47.1 Å². The predicted octanol–water partition coefficient (Wildman–Crippen LogP) is 2.79. The number of carbonyl (C=O) groups excluding carboxylic acids is 2. The third-order valence-electron chi connectivity index (χ3n) is 6.33. The van der Waals surface area contributed by atoms with E-state index in [9.17, 15) is 9.59 Å². The second-order valence-corrected chi connectivity index (χ2v) is 7.85. The van der Waals surface area contributed by atoms with Crippen molar-refractivity contribution in [2.24, 2.45) is 0 Å². The summed E-state index contributed by atoms with van der Waals surface area (Å²) in [5.41, 5.74) is 2.24. The number of likely N-dealkylation sites (tertiary alicyclic amines) is 1. The third-order valence-corrected chi connectivity index (χ3v) is 6.33. The largest absolute Gasteiger partial charge is 0.459 e. The summed E-state index contributed by atoms with van der Waals surface area (Å²) in [6.07, 6.45) is 3.04. The average molecular weight is 396 g/mol. The summed E-state index contributed by atoms with van der Waals surface area (Å²) in [5.74, 6) is 0.112. The van der Waals surface area contributed by atoms with E-state index in [1.165, 1.54) is 6.26 Å². The number of likely N-dealkylation sites (N-methyl/N-ethyl adjacent to an activating group) is 1. The van der Waals surface area contributed by atoms with Gasteiger partial charge in [0, 0.05) is 32.1 Å². The minimum atomic E-state index is -0.488. The van der Waals surface area contributed by atoms with Gasteiger partial charge in [0.2, 0.25) is 5.91 Å². The van der Waals surface area contributed by atoms with Gasteiger partial charge in [-0.25, -0.2) is 0 Å². The van der Waals surface area contributed by atoms with E-state index in [0.717, 1.165) is 43.7 Å². The fourth-order valence-corrected chi connectivity index (χ4v) is 4.69. The van der Waals surface area contributed by atoms with E-state index in [0.29, 0.717) is 19.0 Å². The van der Waals surface area contributed by atoms with Crippen LogP contribution < -0.4 is 0 Å². The Kier molecular flexibility index (Phi) is 5.72. The minimum absolute atomic E-state index is 0.0501. The van der Waals surface area contributed by atoms with Crippen LogP contribution in [-0.2, 0) is 17.8 Å². The standard InChI is InChI=1S/C23H29N3O3/c1-3-24(4-2)19-11-12-25(16-19)22(27)20-14-17-8-5-6-9-18(17)15-26(20)23(28)21-10-7-13-29-21/h5-10,13,19-20H,3-4,11-12,14-16H2,1-2H3. The summed E-state index contributed by atoms with van der Waals surface area (Å²) < 4.78 is 5.34. The quantitative estimate of drug-likeness (QED) is 0.781. The van der Waals surface area contributed by atoms with E-state index in [2.05, 4.69) is 24.8 Å². The van der Waals surface area contributed by atoms with Gasteiger partial charge >= 0.3 is 0 Å². The van der Waals surface area contributed by atoms with E-state index in [-0.39, 0.29) is 17.6 Å². The van der Waals surface area contributed by atoms with Gasteiger partial charge in [0.05, 0.1) is 6.26 Å². The van der Waals surface area contributed by atoms with E-state index in [1.807, 2.05) is 23.1 Å². The fourth-order valence-electron chi connectivity index (χ4n) is 4.69. The highest BCUT2D eigenvalue weighted by Gasteiger charge is 2.40. The van der Waals surface area contributed by atoms with E-state index < -0.39 is 6.04 Å². The summed E-state index contributed by atoms with van der Waals surface area (Å²) in [7, 11) is 0. The first kappa shape index (κ1) is 19.7. The lowest BCUT2D eigenvalue weighted by Crippen LogP contribution is -2.53. The van der Waals surface area contributed by atoms with Gasteiger partial charge < -0.3 is 14.2 Å². The Labute approximate surface area is 172 Å². The van der Waals surface area contributed by atoms with Crippen LogP contribution in [0.25, 0.3) is 0 Å². The van der Waals surface area contributed by atoms with Crippen LogP contribution in [0, 0.1) is 0 Å². The molecule has 2 aromatic rings. The number of fused-ring (bicyclic) bond motifs is 1. The SMILES string of the molecule is CCN(CC)C1CCN(C(=O)C2Cc3ccccc3CN2C(=O)c2ccco2)C1. The molecule has 2 unspecified atom stereocenters. The molecule has 6 heteroatoms. The smallest absolute Gasteiger partial charge is 0.290 e. The number of amides is 2. The number of nitrogens with zero attached hydrogens (tertiary/aromatic N) is 3. The average Bonchev–Trinajstić information content (AvgIpc) is 3.45. The lowest BCUT2D eigenvalue weighted by atomic mass is 9.93.